The fraction of sp³-hybridized carbons (Fsp3) is 0.667. The largest absolute Gasteiger partial charge is 0.497 e. The van der Waals surface area contributed by atoms with E-state index in [2.05, 4.69) is 32.2 Å². The number of nitrogens with zero attached hydrogens (tertiary/aromatic N) is 4. The van der Waals surface area contributed by atoms with E-state index >= 15 is 0 Å². The summed E-state index contributed by atoms with van der Waals surface area (Å²) in [6.45, 7) is 14.7. The number of hydrogen-bond donors (Lipinski definition) is 3. The van der Waals surface area contributed by atoms with Crippen LogP contribution in [0, 0.1) is 17.8 Å². The molecule has 1 aromatic heterocycles. The van der Waals surface area contributed by atoms with Gasteiger partial charge in [0.25, 0.3) is 5.91 Å². The van der Waals surface area contributed by atoms with Crippen molar-refractivity contribution in [3.8, 4) is 11.6 Å². The summed E-state index contributed by atoms with van der Waals surface area (Å²) < 4.78 is 45.3. The second-order valence-electron chi connectivity index (χ2n) is 17.7. The Kier molecular flexibility index (Phi) is 13.5. The van der Waals surface area contributed by atoms with Crippen LogP contribution in [0.5, 0.6) is 11.6 Å². The maximum absolute atomic E-state index is 14.9. The Bertz CT molecular complexity index is 2070. The number of nitrogens with one attached hydrogen (secondary N) is 3. The topological polar surface area (TPSA) is 198 Å². The second-order valence-corrected chi connectivity index (χ2v) is 19.9. The van der Waals surface area contributed by atoms with Crippen molar-refractivity contribution in [3.63, 3.8) is 0 Å². The number of aromatic nitrogens is 2. The van der Waals surface area contributed by atoms with Gasteiger partial charge in [-0.2, -0.15) is 4.98 Å². The van der Waals surface area contributed by atoms with E-state index < -0.39 is 73.8 Å². The third kappa shape index (κ3) is 10.2. The quantitative estimate of drug-likeness (QED) is 0.279. The first-order valence-corrected chi connectivity index (χ1v) is 22.2. The number of carbonyl (C=O) groups is 4. The summed E-state index contributed by atoms with van der Waals surface area (Å²) >= 11 is 0. The number of amides is 4. The van der Waals surface area contributed by atoms with Crippen LogP contribution in [-0.4, -0.2) is 109 Å². The van der Waals surface area contributed by atoms with E-state index in [-0.39, 0.29) is 41.4 Å². The molecule has 2 aliphatic carbocycles. The van der Waals surface area contributed by atoms with Crippen LogP contribution in [-0.2, 0) is 29.1 Å². The van der Waals surface area contributed by atoms with Crippen LogP contribution in [0.1, 0.15) is 105 Å². The van der Waals surface area contributed by atoms with Gasteiger partial charge in [-0.15, -0.1) is 0 Å². The Morgan fingerprint density at radius 3 is 2.41 bits per heavy atom. The van der Waals surface area contributed by atoms with E-state index in [9.17, 15) is 27.6 Å². The maximum atomic E-state index is 14.9. The molecule has 17 heteroatoms. The molecule has 0 spiro atoms. The van der Waals surface area contributed by atoms with E-state index in [1.165, 1.54) is 4.90 Å². The van der Waals surface area contributed by atoms with E-state index in [1.54, 1.807) is 72.0 Å². The highest BCUT2D eigenvalue weighted by atomic mass is 32.2. The number of allylic oxidation sites excluding steroid dienone is 1. The normalized spacial score (nSPS) is 28.5. The van der Waals surface area contributed by atoms with Crippen LogP contribution in [0.15, 0.2) is 30.4 Å². The van der Waals surface area contributed by atoms with Crippen molar-refractivity contribution in [2.75, 3.05) is 32.6 Å². The predicted molar refractivity (Wildman–Crippen MR) is 231 cm³/mol. The smallest absolute Gasteiger partial charge is 0.408 e. The molecule has 332 valence electrons. The summed E-state index contributed by atoms with van der Waals surface area (Å²) in [5.74, 6) is -1.46. The molecule has 4 amide bonds. The zero-order chi connectivity index (χ0) is 43.7. The Hall–Kier alpha value is -4.67. The van der Waals surface area contributed by atoms with Crippen LogP contribution in [0.25, 0.3) is 10.9 Å². The lowest BCUT2D eigenvalue weighted by Crippen LogP contribution is -2.59. The fourth-order valence-corrected chi connectivity index (χ4v) is 8.99. The average molecular weight is 848 g/mol. The lowest BCUT2D eigenvalue weighted by Gasteiger charge is -2.33. The minimum atomic E-state index is -4.01. The fourth-order valence-electron chi connectivity index (χ4n) is 7.67. The third-order valence-electron chi connectivity index (χ3n) is 11.5. The number of methoxy groups -OCH3 is 1. The van der Waals surface area contributed by atoms with E-state index in [4.69, 9.17) is 14.2 Å². The number of fused-ring (bicyclic) bond motifs is 3. The molecule has 0 radical (unpaired) electrons. The van der Waals surface area contributed by atoms with Crippen molar-refractivity contribution < 1.29 is 46.1 Å². The van der Waals surface area contributed by atoms with Gasteiger partial charge in [0.15, 0.2) is 0 Å². The Labute approximate surface area is 353 Å². The maximum Gasteiger partial charge on any atom is 0.408 e. The number of anilines is 1. The Morgan fingerprint density at radius 2 is 1.78 bits per heavy atom. The number of benzene rings is 1. The lowest BCUT2D eigenvalue weighted by molar-refractivity contribution is -0.142. The number of rotatable bonds is 8. The van der Waals surface area contributed by atoms with Gasteiger partial charge >= 0.3 is 6.09 Å². The summed E-state index contributed by atoms with van der Waals surface area (Å²) in [5, 5.41) is 6.31. The highest BCUT2D eigenvalue weighted by Gasteiger charge is 2.63. The molecule has 2 aliphatic heterocycles. The molecule has 16 nitrogen and oxygen atoms in total. The van der Waals surface area contributed by atoms with Crippen LogP contribution in [0.4, 0.5) is 10.7 Å². The first kappa shape index (κ1) is 45.4. The van der Waals surface area contributed by atoms with Crippen molar-refractivity contribution >= 4 is 50.7 Å². The molecule has 6 rings (SSSR count). The van der Waals surface area contributed by atoms with Gasteiger partial charge in [0.1, 0.15) is 35.1 Å². The summed E-state index contributed by atoms with van der Waals surface area (Å²) in [6, 6.07) is 3.07. The van der Waals surface area contributed by atoms with Crippen LogP contribution < -0.4 is 29.7 Å². The van der Waals surface area contributed by atoms with Crippen LogP contribution >= 0.6 is 0 Å². The number of hydrogen-bond acceptors (Lipinski definition) is 12. The number of alkyl carbamates (subject to hydrolysis) is 1. The van der Waals surface area contributed by atoms with Gasteiger partial charge in [-0.05, 0) is 90.2 Å². The molecule has 3 fully saturated rings. The first-order chi connectivity index (χ1) is 27.6. The van der Waals surface area contributed by atoms with Crippen LogP contribution in [0.2, 0.25) is 0 Å². The first-order valence-electron chi connectivity index (χ1n) is 20.7. The van der Waals surface area contributed by atoms with Crippen molar-refractivity contribution in [1.29, 1.82) is 0 Å². The summed E-state index contributed by atoms with van der Waals surface area (Å²) in [7, 11) is 1.13. The van der Waals surface area contributed by atoms with Gasteiger partial charge in [-0.3, -0.25) is 19.1 Å². The second kappa shape index (κ2) is 17.5. The predicted octanol–water partition coefficient (Wildman–Crippen LogP) is 5.60. The zero-order valence-electron chi connectivity index (χ0n) is 36.4. The van der Waals surface area contributed by atoms with Crippen molar-refractivity contribution in [2.45, 2.75) is 134 Å². The van der Waals surface area contributed by atoms with Gasteiger partial charge in [0.05, 0.1) is 29.3 Å². The molecule has 3 heterocycles. The molecular weight excluding hydrogens is 779 g/mol. The minimum Gasteiger partial charge on any atom is -0.497 e. The highest BCUT2D eigenvalue weighted by molar-refractivity contribution is 7.91. The Morgan fingerprint density at radius 1 is 1.08 bits per heavy atom. The third-order valence-corrected chi connectivity index (χ3v) is 13.6. The van der Waals surface area contributed by atoms with Crippen molar-refractivity contribution in [1.82, 2.24) is 30.2 Å². The molecule has 0 bridgehead atoms. The van der Waals surface area contributed by atoms with E-state index in [0.717, 1.165) is 6.42 Å². The molecule has 7 atom stereocenters. The van der Waals surface area contributed by atoms with Gasteiger partial charge in [0, 0.05) is 36.8 Å². The average Bonchev–Trinajstić information content (AvgIpc) is 4.05. The number of sulfonamides is 1. The minimum absolute atomic E-state index is 0. The highest BCUT2D eigenvalue weighted by Crippen LogP contribution is 2.47. The molecular formula is C42H69N7O9S. The monoisotopic (exact) mass is 847 g/mol. The number of ether oxygens (including phenoxy) is 3. The molecule has 2 aromatic rings. The molecule has 59 heavy (non-hydrogen) atoms. The van der Waals surface area contributed by atoms with Gasteiger partial charge < -0.3 is 34.6 Å². The van der Waals surface area contributed by atoms with Gasteiger partial charge in [-0.25, -0.2) is 18.2 Å². The Balaban J connectivity index is 0.00000261. The van der Waals surface area contributed by atoms with Gasteiger partial charge in [0.2, 0.25) is 33.7 Å². The standard InChI is InChI=1S/C40H57N7O9S.C2H6.3H2/c1-23-12-10-11-13-25-21-40(25,35(50)45-57(52,53)39(6)16-17-39)44-32(48)30-20-27(22-47(30)34(49)31(24(2)18-23)42-37(51)56-38(3,4)5)55-33-28-15-14-26(54-9)19-29(28)41-36(43-33)46(7)8;1-2;;;/h11,13-15,19,23-25,27,30-31H,10,12,16-18,20-22H2,1-9H3,(H,42,51)(H,44,48)(H,45,50);1-2H3;3*1H/b13-11-;;;;/t23-,24-,25-,27-,30+,31+,40-;;;;/m1..../s1. The van der Waals surface area contributed by atoms with Crippen molar-refractivity contribution in [2.24, 2.45) is 17.8 Å². The van der Waals surface area contributed by atoms with E-state index in [1.807, 2.05) is 32.9 Å². The molecule has 3 N–H and O–H groups in total. The van der Waals surface area contributed by atoms with Crippen LogP contribution in [0.3, 0.4) is 0 Å². The molecule has 1 aromatic carbocycles. The lowest BCUT2D eigenvalue weighted by atomic mass is 9.88. The summed E-state index contributed by atoms with van der Waals surface area (Å²) in [4.78, 5) is 69.1. The van der Waals surface area contributed by atoms with Crippen molar-refractivity contribution in [3.05, 3.63) is 30.4 Å². The summed E-state index contributed by atoms with van der Waals surface area (Å²) in [6.07, 6.45) is 5.37. The summed E-state index contributed by atoms with van der Waals surface area (Å²) in [5.41, 5.74) is -1.82. The zero-order valence-corrected chi connectivity index (χ0v) is 37.2. The number of carbonyl (C=O) groups excluding carboxylic acids is 4. The SMILES string of the molecule is CC.COc1ccc2c(O[C@@H]3C[C@H]4C(=O)N[C@]5(C(=O)NS(=O)(=O)C6(C)CC6)C[C@H]5/C=C\CC[C@@H](C)C[C@@H](C)[C@H](NC(=O)OC(C)(C)C)C(=O)N4C3)nc(N(C)C)nc2c1.[HH].[HH].[HH]. The van der Waals surface area contributed by atoms with E-state index in [0.29, 0.717) is 48.3 Å². The van der Waals surface area contributed by atoms with Gasteiger partial charge in [-0.1, -0.05) is 39.8 Å². The molecule has 4 aliphatic rings. The molecule has 2 saturated carbocycles. The molecule has 0 unspecified atom stereocenters. The molecule has 1 saturated heterocycles.